The van der Waals surface area contributed by atoms with Gasteiger partial charge in [0.15, 0.2) is 5.13 Å². The van der Waals surface area contributed by atoms with Crippen LogP contribution in [0.25, 0.3) is 10.6 Å². The van der Waals surface area contributed by atoms with Gasteiger partial charge in [-0.2, -0.15) is 13.2 Å². The van der Waals surface area contributed by atoms with Crippen LogP contribution in [0, 0.1) is 0 Å². The number of aromatic nitrogens is 2. The number of amides is 2. The van der Waals surface area contributed by atoms with E-state index in [0.717, 1.165) is 46.9 Å². The Hall–Kier alpha value is -2.92. The number of carbonyl (C=O) groups is 2. The largest absolute Gasteiger partial charge is 0.501 e. The number of likely N-dealkylation sites (N-methyl/N-ethyl adjacent to an activating group) is 1. The van der Waals surface area contributed by atoms with Crippen molar-refractivity contribution in [2.45, 2.75) is 30.0 Å². The molecular formula is C20H19F3N4O6S3. The predicted octanol–water partition coefficient (Wildman–Crippen LogP) is 2.18. The molecular weight excluding hydrogens is 545 g/mol. The van der Waals surface area contributed by atoms with E-state index >= 15 is 0 Å². The number of carbonyl (C=O) groups excluding carboxylic acids is 2. The molecule has 0 spiro atoms. The molecule has 0 atom stereocenters. The Balaban J connectivity index is 1.70. The highest BCUT2D eigenvalue weighted by atomic mass is 32.2. The molecule has 0 unspecified atom stereocenters. The first-order valence-electron chi connectivity index (χ1n) is 9.96. The fourth-order valence-electron chi connectivity index (χ4n) is 2.91. The van der Waals surface area contributed by atoms with E-state index < -0.39 is 38.7 Å². The molecule has 3 N–H and O–H groups in total. The Bertz CT molecular complexity index is 1350. The fourth-order valence-corrected chi connectivity index (χ4v) is 5.36. The van der Waals surface area contributed by atoms with Crippen LogP contribution in [-0.4, -0.2) is 64.5 Å². The quantitative estimate of drug-likeness (QED) is 0.358. The molecule has 1 aromatic carbocycles. The molecule has 10 nitrogen and oxygen atoms in total. The number of nitrogens with one attached hydrogen (secondary N) is 1. The maximum absolute atomic E-state index is 12.7. The van der Waals surface area contributed by atoms with Crippen LogP contribution in [0.5, 0.6) is 0 Å². The number of rotatable bonds is 9. The minimum Gasteiger partial charge on any atom is -0.389 e. The summed E-state index contributed by atoms with van der Waals surface area (Å²) in [7, 11) is -3.99. The molecule has 0 bridgehead atoms. The molecule has 16 heteroatoms. The zero-order valence-electron chi connectivity index (χ0n) is 18.4. The smallest absolute Gasteiger partial charge is 0.389 e. The van der Waals surface area contributed by atoms with Crippen LogP contribution in [0.15, 0.2) is 34.5 Å². The van der Waals surface area contributed by atoms with Gasteiger partial charge in [0, 0.05) is 12.4 Å². The van der Waals surface area contributed by atoms with Crippen molar-refractivity contribution in [3.63, 3.8) is 0 Å². The van der Waals surface area contributed by atoms with Crippen LogP contribution in [0.1, 0.15) is 16.3 Å². The van der Waals surface area contributed by atoms with Crippen molar-refractivity contribution in [2.75, 3.05) is 19.0 Å². The number of thiazole rings is 2. The lowest BCUT2D eigenvalue weighted by Gasteiger charge is -2.14. The van der Waals surface area contributed by atoms with Crippen molar-refractivity contribution in [3.8, 4) is 10.6 Å². The lowest BCUT2D eigenvalue weighted by atomic mass is 10.1. The summed E-state index contributed by atoms with van der Waals surface area (Å²) in [5, 5.41) is 23.3. The van der Waals surface area contributed by atoms with Crippen LogP contribution in [-0.2, 0) is 39.0 Å². The summed E-state index contributed by atoms with van der Waals surface area (Å²) in [6.07, 6.45) is -0.240. The van der Waals surface area contributed by atoms with Gasteiger partial charge in [0.05, 0.1) is 40.7 Å². The van der Waals surface area contributed by atoms with E-state index in [1.807, 2.05) is 0 Å². The molecule has 2 heterocycles. The van der Waals surface area contributed by atoms with Gasteiger partial charge in [0.1, 0.15) is 11.6 Å². The maximum Gasteiger partial charge on any atom is 0.501 e. The minimum atomic E-state index is -5.47. The SMILES string of the molecule is CN(Cc1nc(CO)sc1-c1csc(NC(=O)Cc2ccc(S(=O)(=O)C(F)(F)F)cc2)n1)C(=O)CO. The number of anilines is 1. The van der Waals surface area contributed by atoms with E-state index in [1.54, 1.807) is 5.38 Å². The van der Waals surface area contributed by atoms with E-state index in [2.05, 4.69) is 15.3 Å². The molecule has 0 radical (unpaired) electrons. The topological polar surface area (TPSA) is 150 Å². The van der Waals surface area contributed by atoms with Crippen LogP contribution in [0.4, 0.5) is 18.3 Å². The molecule has 0 saturated carbocycles. The van der Waals surface area contributed by atoms with Gasteiger partial charge in [-0.25, -0.2) is 18.4 Å². The second-order valence-corrected chi connectivity index (χ2v) is 11.2. The second kappa shape index (κ2) is 11.0. The molecule has 36 heavy (non-hydrogen) atoms. The summed E-state index contributed by atoms with van der Waals surface area (Å²) in [6, 6.07) is 3.82. The molecule has 0 aliphatic heterocycles. The van der Waals surface area contributed by atoms with Crippen molar-refractivity contribution >= 4 is 49.5 Å². The number of hydrogen-bond acceptors (Lipinski definition) is 10. The van der Waals surface area contributed by atoms with E-state index in [0.29, 0.717) is 26.8 Å². The molecule has 3 aromatic rings. The Morgan fingerprint density at radius 3 is 2.39 bits per heavy atom. The Morgan fingerprint density at radius 1 is 1.14 bits per heavy atom. The summed E-state index contributed by atoms with van der Waals surface area (Å²) in [5.74, 6) is -1.05. The number of aliphatic hydroxyl groups excluding tert-OH is 2. The molecule has 0 saturated heterocycles. The van der Waals surface area contributed by atoms with Gasteiger partial charge in [0.2, 0.25) is 11.8 Å². The molecule has 0 aliphatic carbocycles. The van der Waals surface area contributed by atoms with E-state index in [9.17, 15) is 36.3 Å². The van der Waals surface area contributed by atoms with Gasteiger partial charge in [-0.3, -0.25) is 9.59 Å². The lowest BCUT2D eigenvalue weighted by molar-refractivity contribution is -0.133. The zero-order valence-corrected chi connectivity index (χ0v) is 20.9. The van der Waals surface area contributed by atoms with Gasteiger partial charge in [-0.1, -0.05) is 12.1 Å². The number of aliphatic hydroxyl groups is 2. The maximum atomic E-state index is 12.7. The first-order chi connectivity index (χ1) is 16.8. The minimum absolute atomic E-state index is 0.0600. The van der Waals surface area contributed by atoms with Crippen LogP contribution in [0.3, 0.4) is 0 Å². The van der Waals surface area contributed by atoms with E-state index in [1.165, 1.54) is 11.9 Å². The van der Waals surface area contributed by atoms with Gasteiger partial charge >= 0.3 is 5.51 Å². The molecule has 3 rings (SSSR count). The number of sulfone groups is 1. The summed E-state index contributed by atoms with van der Waals surface area (Å²) in [6.45, 7) is -0.937. The predicted molar refractivity (Wildman–Crippen MR) is 125 cm³/mol. The van der Waals surface area contributed by atoms with Gasteiger partial charge < -0.3 is 20.4 Å². The number of benzene rings is 1. The second-order valence-electron chi connectivity index (χ2n) is 7.31. The molecule has 194 valence electrons. The van der Waals surface area contributed by atoms with Crippen molar-refractivity contribution in [3.05, 3.63) is 45.9 Å². The van der Waals surface area contributed by atoms with E-state index in [4.69, 9.17) is 5.11 Å². The highest BCUT2D eigenvalue weighted by molar-refractivity contribution is 7.92. The first kappa shape index (κ1) is 27.7. The number of nitrogens with zero attached hydrogens (tertiary/aromatic N) is 3. The molecule has 0 fully saturated rings. The lowest BCUT2D eigenvalue weighted by Crippen LogP contribution is -2.29. The normalized spacial score (nSPS) is 11.9. The Morgan fingerprint density at radius 2 is 1.81 bits per heavy atom. The van der Waals surface area contributed by atoms with Crippen molar-refractivity contribution in [1.29, 1.82) is 0 Å². The Labute approximate surface area is 211 Å². The number of alkyl halides is 3. The third-order valence-corrected chi connectivity index (χ3v) is 8.08. The Kier molecular flexibility index (Phi) is 8.45. The fraction of sp³-hybridized carbons (Fsp3) is 0.300. The average Bonchev–Trinajstić information content (AvgIpc) is 3.44. The van der Waals surface area contributed by atoms with Crippen molar-refractivity contribution in [1.82, 2.24) is 14.9 Å². The summed E-state index contributed by atoms with van der Waals surface area (Å²) < 4.78 is 60.9. The highest BCUT2D eigenvalue weighted by Gasteiger charge is 2.46. The van der Waals surface area contributed by atoms with Crippen molar-refractivity contribution in [2.24, 2.45) is 0 Å². The third-order valence-electron chi connectivity index (χ3n) is 4.71. The third kappa shape index (κ3) is 6.25. The van der Waals surface area contributed by atoms with Crippen LogP contribution >= 0.6 is 22.7 Å². The van der Waals surface area contributed by atoms with Gasteiger partial charge in [0.25, 0.3) is 9.84 Å². The summed E-state index contributed by atoms with van der Waals surface area (Å²) in [4.78, 5) is 33.6. The standard InChI is InChI=1S/C20H19F3N4O6S3/c1-27(17(31)9-29)7-13-18(35-16(8-28)24-13)14-10-34-19(25-14)26-15(30)6-11-2-4-12(5-3-11)36(32,33)20(21,22)23/h2-5,10,28-29H,6-9H2,1H3,(H,25,26,30). The van der Waals surface area contributed by atoms with Gasteiger partial charge in [-0.15, -0.1) is 22.7 Å². The molecule has 2 amide bonds. The summed E-state index contributed by atoms with van der Waals surface area (Å²) >= 11 is 2.25. The van der Waals surface area contributed by atoms with Crippen molar-refractivity contribution < 1.29 is 41.4 Å². The molecule has 0 aliphatic rings. The molecule has 2 aromatic heterocycles. The van der Waals surface area contributed by atoms with E-state index in [-0.39, 0.29) is 24.7 Å². The monoisotopic (exact) mass is 564 g/mol. The highest BCUT2D eigenvalue weighted by Crippen LogP contribution is 2.34. The zero-order chi connectivity index (χ0) is 26.7. The summed E-state index contributed by atoms with van der Waals surface area (Å²) in [5.41, 5.74) is -4.24. The van der Waals surface area contributed by atoms with Crippen LogP contribution < -0.4 is 5.32 Å². The first-order valence-corrected chi connectivity index (χ1v) is 13.1. The van der Waals surface area contributed by atoms with Gasteiger partial charge in [-0.05, 0) is 17.7 Å². The number of halogens is 3. The number of hydrogen-bond donors (Lipinski definition) is 3. The average molecular weight is 565 g/mol. The van der Waals surface area contributed by atoms with Crippen LogP contribution in [0.2, 0.25) is 0 Å².